The lowest BCUT2D eigenvalue weighted by Gasteiger charge is -2.05. The van der Waals surface area contributed by atoms with Crippen molar-refractivity contribution in [3.05, 3.63) is 64.1 Å². The van der Waals surface area contributed by atoms with E-state index in [1.807, 2.05) is 0 Å². The average molecular weight is 258 g/mol. The largest absolute Gasteiger partial charge is 0.508 e. The second kappa shape index (κ2) is 5.86. The Labute approximate surface area is 109 Å². The summed E-state index contributed by atoms with van der Waals surface area (Å²) in [7, 11) is 0. The fraction of sp³-hybridized carbons (Fsp3) is 0.143. The lowest BCUT2D eigenvalue weighted by Crippen LogP contribution is -2.30. The summed E-state index contributed by atoms with van der Waals surface area (Å²) in [6.07, 6.45) is 2.12. The third-order valence-electron chi connectivity index (χ3n) is 2.70. The maximum Gasteiger partial charge on any atom is 0.260 e. The van der Waals surface area contributed by atoms with Crippen LogP contribution in [-0.4, -0.2) is 22.5 Å². The third-order valence-corrected chi connectivity index (χ3v) is 2.70. The Balaban J connectivity index is 1.89. The molecule has 1 aromatic heterocycles. The van der Waals surface area contributed by atoms with Crippen molar-refractivity contribution in [2.75, 3.05) is 6.54 Å². The Kier molecular flexibility index (Phi) is 3.97. The molecule has 5 heteroatoms. The van der Waals surface area contributed by atoms with E-state index in [1.165, 1.54) is 12.3 Å². The van der Waals surface area contributed by atoms with E-state index >= 15 is 0 Å². The van der Waals surface area contributed by atoms with Gasteiger partial charge in [0.15, 0.2) is 0 Å². The number of aromatic hydroxyl groups is 1. The van der Waals surface area contributed by atoms with Gasteiger partial charge in [0.05, 0.1) is 0 Å². The first-order valence-corrected chi connectivity index (χ1v) is 5.90. The Morgan fingerprint density at radius 2 is 1.95 bits per heavy atom. The number of pyridine rings is 1. The van der Waals surface area contributed by atoms with Gasteiger partial charge in [-0.15, -0.1) is 0 Å². The smallest absolute Gasteiger partial charge is 0.260 e. The van der Waals surface area contributed by atoms with Crippen LogP contribution in [-0.2, 0) is 6.42 Å². The molecule has 0 aliphatic carbocycles. The highest BCUT2D eigenvalue weighted by molar-refractivity contribution is 5.93. The van der Waals surface area contributed by atoms with E-state index in [1.54, 1.807) is 30.3 Å². The SMILES string of the molecule is O=C(NCCc1ccc(O)cc1)c1ccc[nH]c1=O. The Bertz CT molecular complexity index is 617. The molecule has 0 radical (unpaired) electrons. The number of hydrogen-bond acceptors (Lipinski definition) is 3. The van der Waals surface area contributed by atoms with Gasteiger partial charge < -0.3 is 15.4 Å². The lowest BCUT2D eigenvalue weighted by atomic mass is 10.1. The second-order valence-electron chi connectivity index (χ2n) is 4.09. The van der Waals surface area contributed by atoms with Gasteiger partial charge in [-0.05, 0) is 36.2 Å². The van der Waals surface area contributed by atoms with Crippen molar-refractivity contribution in [3.63, 3.8) is 0 Å². The summed E-state index contributed by atoms with van der Waals surface area (Å²) in [5.74, 6) is -0.177. The van der Waals surface area contributed by atoms with Crippen molar-refractivity contribution in [2.24, 2.45) is 0 Å². The van der Waals surface area contributed by atoms with E-state index in [2.05, 4.69) is 10.3 Å². The number of carbonyl (C=O) groups excluding carboxylic acids is 1. The minimum absolute atomic E-state index is 0.105. The number of aromatic nitrogens is 1. The molecule has 3 N–H and O–H groups in total. The number of phenols is 1. The molecule has 0 atom stereocenters. The molecule has 0 fully saturated rings. The number of nitrogens with one attached hydrogen (secondary N) is 2. The zero-order chi connectivity index (χ0) is 13.7. The molecule has 0 unspecified atom stereocenters. The number of hydrogen-bond donors (Lipinski definition) is 3. The lowest BCUT2D eigenvalue weighted by molar-refractivity contribution is 0.0952. The molecule has 98 valence electrons. The van der Waals surface area contributed by atoms with Crippen LogP contribution in [0.2, 0.25) is 0 Å². The van der Waals surface area contributed by atoms with Crippen molar-refractivity contribution in [1.29, 1.82) is 0 Å². The van der Waals surface area contributed by atoms with Crippen molar-refractivity contribution in [1.82, 2.24) is 10.3 Å². The van der Waals surface area contributed by atoms with Crippen LogP contribution in [0.3, 0.4) is 0 Å². The fourth-order valence-corrected chi connectivity index (χ4v) is 1.68. The molecular formula is C14H14N2O3. The van der Waals surface area contributed by atoms with Gasteiger partial charge in [-0.25, -0.2) is 0 Å². The fourth-order valence-electron chi connectivity index (χ4n) is 1.68. The summed E-state index contributed by atoms with van der Waals surface area (Å²) >= 11 is 0. The molecule has 0 saturated heterocycles. The molecule has 19 heavy (non-hydrogen) atoms. The molecule has 0 aliphatic rings. The first kappa shape index (κ1) is 12.9. The quantitative estimate of drug-likeness (QED) is 0.766. The third kappa shape index (κ3) is 3.45. The second-order valence-corrected chi connectivity index (χ2v) is 4.09. The van der Waals surface area contributed by atoms with Crippen LogP contribution in [0.4, 0.5) is 0 Å². The van der Waals surface area contributed by atoms with E-state index in [0.29, 0.717) is 13.0 Å². The number of rotatable bonds is 4. The van der Waals surface area contributed by atoms with Gasteiger partial charge in [-0.3, -0.25) is 9.59 Å². The number of H-pyrrole nitrogens is 1. The minimum atomic E-state index is -0.398. The normalized spacial score (nSPS) is 10.1. The zero-order valence-electron chi connectivity index (χ0n) is 10.2. The van der Waals surface area contributed by atoms with Crippen LogP contribution in [0.5, 0.6) is 5.75 Å². The number of benzene rings is 1. The summed E-state index contributed by atoms with van der Waals surface area (Å²) in [5, 5.41) is 11.8. The summed E-state index contributed by atoms with van der Waals surface area (Å²) in [4.78, 5) is 25.6. The van der Waals surface area contributed by atoms with Crippen LogP contribution in [0.15, 0.2) is 47.4 Å². The molecule has 0 spiro atoms. The maximum atomic E-state index is 11.7. The van der Waals surface area contributed by atoms with Crippen molar-refractivity contribution in [3.8, 4) is 5.75 Å². The van der Waals surface area contributed by atoms with Gasteiger partial charge in [-0.1, -0.05) is 12.1 Å². The van der Waals surface area contributed by atoms with E-state index in [0.717, 1.165) is 5.56 Å². The highest BCUT2D eigenvalue weighted by atomic mass is 16.3. The maximum absolute atomic E-state index is 11.7. The molecule has 2 rings (SSSR count). The predicted molar refractivity (Wildman–Crippen MR) is 71.2 cm³/mol. The molecule has 0 saturated carbocycles. The highest BCUT2D eigenvalue weighted by Gasteiger charge is 2.08. The summed E-state index contributed by atoms with van der Waals surface area (Å²) in [6.45, 7) is 0.429. The molecule has 1 aromatic carbocycles. The molecule has 0 aliphatic heterocycles. The Morgan fingerprint density at radius 1 is 1.21 bits per heavy atom. The Morgan fingerprint density at radius 3 is 2.63 bits per heavy atom. The van der Waals surface area contributed by atoms with Gasteiger partial charge in [0, 0.05) is 12.7 Å². The van der Waals surface area contributed by atoms with Crippen molar-refractivity contribution in [2.45, 2.75) is 6.42 Å². The molecule has 1 amide bonds. The molecule has 2 aromatic rings. The Hall–Kier alpha value is -2.56. The number of amides is 1. The molecule has 1 heterocycles. The average Bonchev–Trinajstić information content (AvgIpc) is 2.41. The van der Waals surface area contributed by atoms with E-state index in [-0.39, 0.29) is 17.2 Å². The number of phenolic OH excluding ortho intramolecular Hbond substituents is 1. The first-order chi connectivity index (χ1) is 9.16. The van der Waals surface area contributed by atoms with Crippen LogP contribution in [0, 0.1) is 0 Å². The predicted octanol–water partition coefficient (Wildman–Crippen LogP) is 1.05. The van der Waals surface area contributed by atoms with E-state index < -0.39 is 5.56 Å². The van der Waals surface area contributed by atoms with Gasteiger partial charge in [0.2, 0.25) is 0 Å². The zero-order valence-corrected chi connectivity index (χ0v) is 10.2. The highest BCUT2D eigenvalue weighted by Crippen LogP contribution is 2.09. The molecular weight excluding hydrogens is 244 g/mol. The number of carbonyl (C=O) groups is 1. The van der Waals surface area contributed by atoms with Crippen LogP contribution >= 0.6 is 0 Å². The molecule has 5 nitrogen and oxygen atoms in total. The van der Waals surface area contributed by atoms with Crippen molar-refractivity contribution < 1.29 is 9.90 Å². The van der Waals surface area contributed by atoms with E-state index in [4.69, 9.17) is 5.11 Å². The summed E-state index contributed by atoms with van der Waals surface area (Å²) in [6, 6.07) is 9.86. The van der Waals surface area contributed by atoms with Gasteiger partial charge in [-0.2, -0.15) is 0 Å². The first-order valence-electron chi connectivity index (χ1n) is 5.90. The van der Waals surface area contributed by atoms with Crippen LogP contribution in [0.1, 0.15) is 15.9 Å². The summed E-state index contributed by atoms with van der Waals surface area (Å²) in [5.41, 5.74) is 0.706. The minimum Gasteiger partial charge on any atom is -0.508 e. The van der Waals surface area contributed by atoms with Crippen LogP contribution in [0.25, 0.3) is 0 Å². The van der Waals surface area contributed by atoms with Crippen molar-refractivity contribution >= 4 is 5.91 Å². The van der Waals surface area contributed by atoms with Gasteiger partial charge >= 0.3 is 0 Å². The molecule has 0 bridgehead atoms. The van der Waals surface area contributed by atoms with E-state index in [9.17, 15) is 9.59 Å². The van der Waals surface area contributed by atoms with Crippen LogP contribution < -0.4 is 10.9 Å². The van der Waals surface area contributed by atoms with Gasteiger partial charge in [0.25, 0.3) is 11.5 Å². The summed E-state index contributed by atoms with van der Waals surface area (Å²) < 4.78 is 0. The topological polar surface area (TPSA) is 82.2 Å². The monoisotopic (exact) mass is 258 g/mol. The van der Waals surface area contributed by atoms with Gasteiger partial charge in [0.1, 0.15) is 11.3 Å². The number of aromatic amines is 1. The standard InChI is InChI=1S/C14H14N2O3/c17-11-5-3-10(4-6-11)7-9-16-14(19)12-2-1-8-15-13(12)18/h1-6,8,17H,7,9H2,(H,15,18)(H,16,19).